The van der Waals surface area contributed by atoms with Crippen LogP contribution >= 0.6 is 0 Å². The zero-order valence-electron chi connectivity index (χ0n) is 17.3. The molecule has 150 valence electrons. The highest BCUT2D eigenvalue weighted by Crippen LogP contribution is 2.29. The van der Waals surface area contributed by atoms with Gasteiger partial charge in [-0.25, -0.2) is 15.0 Å². The van der Waals surface area contributed by atoms with E-state index in [-0.39, 0.29) is 0 Å². The van der Waals surface area contributed by atoms with Crippen molar-refractivity contribution in [3.63, 3.8) is 0 Å². The number of nitrogens with zero attached hydrogens (tertiary/aromatic N) is 4. The Labute approximate surface area is 180 Å². The van der Waals surface area contributed by atoms with Crippen LogP contribution in [-0.2, 0) is 0 Å². The molecule has 5 rings (SSSR count). The third-order valence-electron chi connectivity index (χ3n) is 5.16. The van der Waals surface area contributed by atoms with Gasteiger partial charge >= 0.3 is 0 Å². The Balaban J connectivity index is 1.61. The van der Waals surface area contributed by atoms with Crippen LogP contribution in [0.3, 0.4) is 0 Å². The minimum Gasteiger partial charge on any atom is -0.361 e. The molecule has 0 radical (unpaired) electrons. The third kappa shape index (κ3) is 3.73. The number of hydrogen-bond acceptors (Lipinski definition) is 5. The van der Waals surface area contributed by atoms with Gasteiger partial charge in [0.05, 0.1) is 5.69 Å². The van der Waals surface area contributed by atoms with Crippen LogP contribution in [0.15, 0.2) is 89.5 Å². The van der Waals surface area contributed by atoms with Crippen LogP contribution < -0.4 is 0 Å². The van der Waals surface area contributed by atoms with Crippen molar-refractivity contribution in [2.45, 2.75) is 13.8 Å². The molecular formula is C26H20N4O. The standard InChI is InChI=1S/C26H20N4O/c1-17-23(18(2)31-30-17)19-13-15-22(16-14-19)26-28-24(20-9-5-3-6-10-20)27-25(29-26)21-11-7-4-8-12-21/h3-16H,1-2H3. The Hall–Kier alpha value is -4.12. The second kappa shape index (κ2) is 7.95. The van der Waals surface area contributed by atoms with E-state index in [0.29, 0.717) is 17.5 Å². The van der Waals surface area contributed by atoms with Gasteiger partial charge in [-0.15, -0.1) is 0 Å². The van der Waals surface area contributed by atoms with Crippen molar-refractivity contribution < 1.29 is 4.52 Å². The minimum absolute atomic E-state index is 0.637. The van der Waals surface area contributed by atoms with Gasteiger partial charge in [-0.2, -0.15) is 0 Å². The summed E-state index contributed by atoms with van der Waals surface area (Å²) in [6, 6.07) is 28.1. The molecule has 5 heteroatoms. The molecule has 0 unspecified atom stereocenters. The largest absolute Gasteiger partial charge is 0.361 e. The molecule has 5 nitrogen and oxygen atoms in total. The van der Waals surface area contributed by atoms with Gasteiger partial charge in [-0.05, 0) is 19.4 Å². The van der Waals surface area contributed by atoms with Gasteiger partial charge in [0.25, 0.3) is 0 Å². The molecule has 0 aliphatic rings. The maximum absolute atomic E-state index is 5.31. The number of aryl methyl sites for hydroxylation is 2. The van der Waals surface area contributed by atoms with Crippen molar-refractivity contribution in [1.29, 1.82) is 0 Å². The monoisotopic (exact) mass is 404 g/mol. The Morgan fingerprint density at radius 2 is 0.935 bits per heavy atom. The van der Waals surface area contributed by atoms with E-state index in [2.05, 4.69) is 17.3 Å². The SMILES string of the molecule is Cc1noc(C)c1-c1ccc(-c2nc(-c3ccccc3)nc(-c3ccccc3)n2)cc1. The Morgan fingerprint density at radius 1 is 0.516 bits per heavy atom. The maximum Gasteiger partial charge on any atom is 0.164 e. The molecule has 0 aliphatic carbocycles. The van der Waals surface area contributed by atoms with Gasteiger partial charge < -0.3 is 4.52 Å². The molecule has 0 saturated heterocycles. The highest BCUT2D eigenvalue weighted by Gasteiger charge is 2.14. The Kier molecular flexibility index (Phi) is 4.84. The van der Waals surface area contributed by atoms with Crippen molar-refractivity contribution >= 4 is 0 Å². The van der Waals surface area contributed by atoms with Crippen LogP contribution in [0.1, 0.15) is 11.5 Å². The highest BCUT2D eigenvalue weighted by atomic mass is 16.5. The quantitative estimate of drug-likeness (QED) is 0.360. The first-order chi connectivity index (χ1) is 15.2. The molecule has 2 aromatic heterocycles. The van der Waals surface area contributed by atoms with Crippen molar-refractivity contribution in [2.24, 2.45) is 0 Å². The summed E-state index contributed by atoms with van der Waals surface area (Å²) in [5, 5.41) is 4.06. The summed E-state index contributed by atoms with van der Waals surface area (Å²) in [5.74, 6) is 2.75. The summed E-state index contributed by atoms with van der Waals surface area (Å²) >= 11 is 0. The smallest absolute Gasteiger partial charge is 0.164 e. The molecule has 31 heavy (non-hydrogen) atoms. The highest BCUT2D eigenvalue weighted by molar-refractivity contribution is 5.72. The van der Waals surface area contributed by atoms with Gasteiger partial charge in [0.1, 0.15) is 5.76 Å². The van der Waals surface area contributed by atoms with Crippen LogP contribution in [0.4, 0.5) is 0 Å². The molecule has 5 aromatic rings. The van der Waals surface area contributed by atoms with E-state index in [4.69, 9.17) is 19.5 Å². The van der Waals surface area contributed by atoms with Crippen molar-refractivity contribution in [2.75, 3.05) is 0 Å². The lowest BCUT2D eigenvalue weighted by Crippen LogP contribution is -2.00. The van der Waals surface area contributed by atoms with Crippen molar-refractivity contribution in [3.8, 4) is 45.3 Å². The average Bonchev–Trinajstić information content (AvgIpc) is 3.18. The Morgan fingerprint density at radius 3 is 1.35 bits per heavy atom. The third-order valence-corrected chi connectivity index (χ3v) is 5.16. The number of hydrogen-bond donors (Lipinski definition) is 0. The zero-order valence-corrected chi connectivity index (χ0v) is 17.3. The van der Waals surface area contributed by atoms with E-state index in [1.807, 2.05) is 86.6 Å². The van der Waals surface area contributed by atoms with Gasteiger partial charge in [-0.3, -0.25) is 0 Å². The summed E-state index contributed by atoms with van der Waals surface area (Å²) in [6.45, 7) is 3.87. The fourth-order valence-electron chi connectivity index (χ4n) is 3.62. The number of rotatable bonds is 4. The summed E-state index contributed by atoms with van der Waals surface area (Å²) < 4.78 is 5.31. The first-order valence-corrected chi connectivity index (χ1v) is 10.1. The molecule has 0 saturated carbocycles. The van der Waals surface area contributed by atoms with Gasteiger partial charge in [-0.1, -0.05) is 90.1 Å². The second-order valence-corrected chi connectivity index (χ2v) is 7.31. The van der Waals surface area contributed by atoms with Crippen LogP contribution in [0.2, 0.25) is 0 Å². The minimum atomic E-state index is 0.637. The normalized spacial score (nSPS) is 10.9. The topological polar surface area (TPSA) is 64.7 Å². The van der Waals surface area contributed by atoms with Crippen LogP contribution in [0, 0.1) is 13.8 Å². The lowest BCUT2D eigenvalue weighted by Gasteiger charge is -2.09. The molecule has 0 fully saturated rings. The average molecular weight is 404 g/mol. The summed E-state index contributed by atoms with van der Waals surface area (Å²) in [5.41, 5.74) is 5.79. The zero-order chi connectivity index (χ0) is 21.2. The summed E-state index contributed by atoms with van der Waals surface area (Å²) in [4.78, 5) is 14.3. The van der Waals surface area contributed by atoms with E-state index < -0.39 is 0 Å². The molecule has 0 spiro atoms. The van der Waals surface area contributed by atoms with E-state index >= 15 is 0 Å². The van der Waals surface area contributed by atoms with E-state index in [9.17, 15) is 0 Å². The van der Waals surface area contributed by atoms with Gasteiger partial charge in [0.15, 0.2) is 17.5 Å². The molecule has 0 atom stereocenters. The first-order valence-electron chi connectivity index (χ1n) is 10.1. The van der Waals surface area contributed by atoms with Crippen LogP contribution in [0.5, 0.6) is 0 Å². The van der Waals surface area contributed by atoms with E-state index in [1.54, 1.807) is 0 Å². The predicted octanol–water partition coefficient (Wildman–Crippen LogP) is 6.14. The molecule has 0 bridgehead atoms. The van der Waals surface area contributed by atoms with E-state index in [1.165, 1.54) is 0 Å². The van der Waals surface area contributed by atoms with Crippen molar-refractivity contribution in [3.05, 3.63) is 96.4 Å². The van der Waals surface area contributed by atoms with E-state index in [0.717, 1.165) is 39.3 Å². The molecule has 0 aliphatic heterocycles. The Bertz CT molecular complexity index is 1250. The van der Waals surface area contributed by atoms with Crippen LogP contribution in [0.25, 0.3) is 45.3 Å². The molecule has 0 N–H and O–H groups in total. The molecule has 2 heterocycles. The van der Waals surface area contributed by atoms with Crippen LogP contribution in [-0.4, -0.2) is 20.1 Å². The molecule has 0 amide bonds. The van der Waals surface area contributed by atoms with Gasteiger partial charge in [0.2, 0.25) is 0 Å². The van der Waals surface area contributed by atoms with Crippen molar-refractivity contribution in [1.82, 2.24) is 20.1 Å². The molecular weight excluding hydrogens is 384 g/mol. The summed E-state index contributed by atoms with van der Waals surface area (Å²) in [6.07, 6.45) is 0. The number of aromatic nitrogens is 4. The maximum atomic E-state index is 5.31. The fourth-order valence-corrected chi connectivity index (χ4v) is 3.62. The lowest BCUT2D eigenvalue weighted by atomic mass is 10.0. The first kappa shape index (κ1) is 18.9. The summed E-state index contributed by atoms with van der Waals surface area (Å²) in [7, 11) is 0. The predicted molar refractivity (Wildman–Crippen MR) is 121 cm³/mol. The fraction of sp³-hybridized carbons (Fsp3) is 0.0769. The molecule has 3 aromatic carbocycles. The lowest BCUT2D eigenvalue weighted by molar-refractivity contribution is 0.393. The van der Waals surface area contributed by atoms with Gasteiger partial charge in [0, 0.05) is 22.3 Å². The second-order valence-electron chi connectivity index (χ2n) is 7.31. The number of benzene rings is 3.